The molecule has 3 nitrogen and oxygen atoms in total. The Balaban J connectivity index is 1.22. The predicted octanol–water partition coefficient (Wildman–Crippen LogP) is 12.3. The minimum absolute atomic E-state index is 0.866. The summed E-state index contributed by atoms with van der Waals surface area (Å²) in [7, 11) is 0. The van der Waals surface area contributed by atoms with Crippen LogP contribution in [0.15, 0.2) is 138 Å². The first kappa shape index (κ1) is 24.2. The lowest BCUT2D eigenvalue weighted by Gasteiger charge is -2.24. The molecule has 0 aliphatic carbocycles. The van der Waals surface area contributed by atoms with Crippen LogP contribution in [-0.4, -0.2) is 4.98 Å². The molecule has 0 fully saturated rings. The summed E-state index contributed by atoms with van der Waals surface area (Å²) in [5.41, 5.74) is 3.84. The number of pyridine rings is 1. The molecule has 4 aromatic heterocycles. The number of rotatable bonds is 3. The molecule has 10 rings (SSSR count). The van der Waals surface area contributed by atoms with Gasteiger partial charge in [0.15, 0.2) is 0 Å². The van der Waals surface area contributed by atoms with Gasteiger partial charge in [-0.2, -0.15) is 0 Å². The fourth-order valence-corrected chi connectivity index (χ4v) is 8.97. The summed E-state index contributed by atoms with van der Waals surface area (Å²) in [5.74, 6) is 0.876. The maximum atomic E-state index is 6.34. The van der Waals surface area contributed by atoms with Crippen molar-refractivity contribution in [1.29, 1.82) is 0 Å². The Hall–Kier alpha value is -5.23. The topological polar surface area (TPSA) is 29.3 Å². The molecule has 44 heavy (non-hydrogen) atoms. The average Bonchev–Trinajstić information content (AvgIpc) is 3.75. The maximum absolute atomic E-state index is 6.34. The largest absolute Gasteiger partial charge is 0.456 e. The quantitative estimate of drug-likeness (QED) is 0.203. The van der Waals surface area contributed by atoms with E-state index in [0.717, 1.165) is 39.1 Å². The Bertz CT molecular complexity index is 2640. The molecule has 4 heterocycles. The summed E-state index contributed by atoms with van der Waals surface area (Å²) in [6.07, 6.45) is 2.04. The van der Waals surface area contributed by atoms with Crippen molar-refractivity contribution in [2.45, 2.75) is 0 Å². The molecule has 0 spiro atoms. The van der Waals surface area contributed by atoms with E-state index in [1.807, 2.05) is 41.0 Å². The van der Waals surface area contributed by atoms with Crippen LogP contribution in [-0.2, 0) is 0 Å². The molecular weight excluding hydrogens is 577 g/mol. The Labute approximate surface area is 259 Å². The van der Waals surface area contributed by atoms with Crippen LogP contribution in [0.1, 0.15) is 0 Å². The fourth-order valence-electron chi connectivity index (χ4n) is 6.64. The van der Waals surface area contributed by atoms with Crippen molar-refractivity contribution < 1.29 is 4.42 Å². The number of anilines is 3. The van der Waals surface area contributed by atoms with Gasteiger partial charge in [-0.3, -0.25) is 4.90 Å². The summed E-state index contributed by atoms with van der Waals surface area (Å²) in [6.45, 7) is 0. The summed E-state index contributed by atoms with van der Waals surface area (Å²) in [5, 5.41) is 9.85. The van der Waals surface area contributed by atoms with Crippen molar-refractivity contribution in [3.8, 4) is 0 Å². The van der Waals surface area contributed by atoms with E-state index in [-0.39, 0.29) is 0 Å². The molecule has 0 bridgehead atoms. The number of aromatic nitrogens is 1. The van der Waals surface area contributed by atoms with Gasteiger partial charge < -0.3 is 4.42 Å². The Kier molecular flexibility index (Phi) is 5.03. The van der Waals surface area contributed by atoms with Gasteiger partial charge in [0.1, 0.15) is 17.0 Å². The molecule has 10 aromatic rings. The minimum atomic E-state index is 0.866. The Morgan fingerprint density at radius 2 is 1.18 bits per heavy atom. The Morgan fingerprint density at radius 3 is 2.11 bits per heavy atom. The summed E-state index contributed by atoms with van der Waals surface area (Å²) in [4.78, 5) is 7.35. The van der Waals surface area contributed by atoms with Crippen LogP contribution in [0.2, 0.25) is 0 Å². The van der Waals surface area contributed by atoms with Crippen molar-refractivity contribution in [2.75, 3.05) is 4.90 Å². The third kappa shape index (κ3) is 3.51. The average molecular weight is 599 g/mol. The van der Waals surface area contributed by atoms with Crippen LogP contribution in [0.4, 0.5) is 17.2 Å². The normalized spacial score (nSPS) is 12.1. The lowest BCUT2D eigenvalue weighted by atomic mass is 10.1. The van der Waals surface area contributed by atoms with E-state index in [1.54, 1.807) is 0 Å². The van der Waals surface area contributed by atoms with E-state index in [0.29, 0.717) is 0 Å². The molecule has 6 aromatic carbocycles. The summed E-state index contributed by atoms with van der Waals surface area (Å²) in [6, 6.07) is 45.5. The molecule has 206 valence electrons. The zero-order valence-corrected chi connectivity index (χ0v) is 25.0. The second kappa shape index (κ2) is 9.13. The predicted molar refractivity (Wildman–Crippen MR) is 189 cm³/mol. The highest BCUT2D eigenvalue weighted by atomic mass is 32.1. The monoisotopic (exact) mass is 598 g/mol. The van der Waals surface area contributed by atoms with E-state index >= 15 is 0 Å². The highest BCUT2D eigenvalue weighted by Gasteiger charge is 2.19. The van der Waals surface area contributed by atoms with Crippen LogP contribution in [0, 0.1) is 0 Å². The van der Waals surface area contributed by atoms with Gasteiger partial charge in [-0.1, -0.05) is 78.9 Å². The zero-order valence-electron chi connectivity index (χ0n) is 23.3. The van der Waals surface area contributed by atoms with Gasteiger partial charge in [-0.15, -0.1) is 22.7 Å². The molecule has 0 radical (unpaired) electrons. The van der Waals surface area contributed by atoms with Crippen molar-refractivity contribution in [1.82, 2.24) is 4.98 Å². The molecule has 0 aliphatic rings. The van der Waals surface area contributed by atoms with Gasteiger partial charge in [-0.05, 0) is 53.2 Å². The molecule has 0 unspecified atom stereocenters. The van der Waals surface area contributed by atoms with Crippen molar-refractivity contribution in [3.05, 3.63) is 134 Å². The minimum Gasteiger partial charge on any atom is -0.456 e. The van der Waals surface area contributed by atoms with Gasteiger partial charge in [0, 0.05) is 64.4 Å². The first-order valence-electron chi connectivity index (χ1n) is 14.6. The van der Waals surface area contributed by atoms with Crippen LogP contribution >= 0.6 is 22.7 Å². The SMILES string of the molecule is c1ccc2c(c1)ccc1c3cc(N(c4ccc5c(c4)oc4ccccc45)c4ccc5c(c4)sc4ccccc45)ncc3sc21. The fraction of sp³-hybridized carbons (Fsp3) is 0. The molecule has 0 saturated heterocycles. The molecule has 0 saturated carbocycles. The van der Waals surface area contributed by atoms with Gasteiger partial charge in [0.25, 0.3) is 0 Å². The second-order valence-electron chi connectivity index (χ2n) is 11.2. The number of furan rings is 1. The highest BCUT2D eigenvalue weighted by molar-refractivity contribution is 7.26. The van der Waals surface area contributed by atoms with Crippen molar-refractivity contribution in [3.63, 3.8) is 0 Å². The third-order valence-electron chi connectivity index (χ3n) is 8.70. The zero-order chi connectivity index (χ0) is 28.8. The number of hydrogen-bond donors (Lipinski definition) is 0. The molecule has 0 atom stereocenters. The molecule has 0 N–H and O–H groups in total. The summed E-state index contributed by atoms with van der Waals surface area (Å²) < 4.78 is 11.4. The van der Waals surface area contributed by atoms with E-state index in [1.165, 1.54) is 51.1 Å². The first-order chi connectivity index (χ1) is 21.8. The van der Waals surface area contributed by atoms with E-state index in [4.69, 9.17) is 9.40 Å². The van der Waals surface area contributed by atoms with Crippen LogP contribution in [0.5, 0.6) is 0 Å². The van der Waals surface area contributed by atoms with E-state index in [9.17, 15) is 0 Å². The van der Waals surface area contributed by atoms with Crippen LogP contribution in [0.3, 0.4) is 0 Å². The molecule has 5 heteroatoms. The van der Waals surface area contributed by atoms with Gasteiger partial charge in [0.05, 0.1) is 10.4 Å². The lowest BCUT2D eigenvalue weighted by molar-refractivity contribution is 0.669. The van der Waals surface area contributed by atoms with Gasteiger partial charge >= 0.3 is 0 Å². The molecule has 0 amide bonds. The number of hydrogen-bond acceptors (Lipinski definition) is 5. The number of para-hydroxylation sites is 1. The van der Waals surface area contributed by atoms with E-state index < -0.39 is 0 Å². The van der Waals surface area contributed by atoms with Crippen LogP contribution < -0.4 is 4.90 Å². The number of thiophene rings is 2. The lowest BCUT2D eigenvalue weighted by Crippen LogP contribution is -2.11. The maximum Gasteiger partial charge on any atom is 0.138 e. The highest BCUT2D eigenvalue weighted by Crippen LogP contribution is 2.44. The summed E-state index contributed by atoms with van der Waals surface area (Å²) >= 11 is 3.65. The second-order valence-corrected chi connectivity index (χ2v) is 13.3. The van der Waals surface area contributed by atoms with Crippen LogP contribution in [0.25, 0.3) is 73.1 Å². The first-order valence-corrected chi connectivity index (χ1v) is 16.2. The van der Waals surface area contributed by atoms with E-state index in [2.05, 4.69) is 120 Å². The smallest absolute Gasteiger partial charge is 0.138 e. The molecular formula is C39H22N2OS2. The van der Waals surface area contributed by atoms with Crippen molar-refractivity contribution in [2.24, 2.45) is 0 Å². The number of benzene rings is 6. The molecule has 0 aliphatic heterocycles. The Morgan fingerprint density at radius 1 is 0.477 bits per heavy atom. The van der Waals surface area contributed by atoms with Crippen molar-refractivity contribution >= 4 is 113 Å². The number of fused-ring (bicyclic) bond motifs is 11. The van der Waals surface area contributed by atoms with Gasteiger partial charge in [-0.25, -0.2) is 4.98 Å². The standard InChI is InChI=1S/C39H22N2OS2/c1-2-8-26-23(7-1)13-16-31-32-21-38(40-22-37(32)44-39(26)31)41(24-14-17-28-27-9-3-5-11-33(27)42-34(28)19-24)25-15-18-30-29-10-4-6-12-35(29)43-36(30)20-25/h1-22H. The van der Waals surface area contributed by atoms with Gasteiger partial charge in [0.2, 0.25) is 0 Å². The number of nitrogens with zero attached hydrogens (tertiary/aromatic N) is 2. The third-order valence-corrected chi connectivity index (χ3v) is 11.0.